The summed E-state index contributed by atoms with van der Waals surface area (Å²) in [6.45, 7) is 2.97. The number of aryl methyl sites for hydroxylation is 1. The van der Waals surface area contributed by atoms with Crippen molar-refractivity contribution in [1.82, 2.24) is 9.55 Å². The highest BCUT2D eigenvalue weighted by Gasteiger charge is 2.37. The van der Waals surface area contributed by atoms with Crippen molar-refractivity contribution < 1.29 is 0 Å². The molecule has 0 radical (unpaired) electrons. The highest BCUT2D eigenvalue weighted by atomic mass is 15.2. The number of aromatic nitrogens is 2. The summed E-state index contributed by atoms with van der Waals surface area (Å²) in [5, 5.41) is 3.68. The van der Waals surface area contributed by atoms with E-state index in [-0.39, 0.29) is 5.54 Å². The van der Waals surface area contributed by atoms with Crippen molar-refractivity contribution in [3.63, 3.8) is 0 Å². The molecule has 1 aliphatic carbocycles. The Labute approximate surface area is 120 Å². The lowest BCUT2D eigenvalue weighted by Crippen LogP contribution is -2.52. The molecule has 1 saturated carbocycles. The predicted octanol–water partition coefficient (Wildman–Crippen LogP) is 2.89. The molecule has 1 aromatic heterocycles. The maximum Gasteiger partial charge on any atom is 0.204 e. The molecule has 108 valence electrons. The van der Waals surface area contributed by atoms with Crippen LogP contribution in [0.3, 0.4) is 0 Å². The number of nitrogens with one attached hydrogen (secondary N) is 1. The third-order valence-corrected chi connectivity index (χ3v) is 4.97. The maximum absolute atomic E-state index is 6.12. The molecule has 1 fully saturated rings. The Balaban J connectivity index is 1.96. The second-order valence-electron chi connectivity index (χ2n) is 6.12. The lowest BCUT2D eigenvalue weighted by Gasteiger charge is -2.42. The van der Waals surface area contributed by atoms with Gasteiger partial charge in [-0.15, -0.1) is 0 Å². The van der Waals surface area contributed by atoms with Crippen molar-refractivity contribution in [2.45, 2.75) is 38.1 Å². The van der Waals surface area contributed by atoms with Crippen LogP contribution in [0.15, 0.2) is 24.3 Å². The molecule has 4 nitrogen and oxygen atoms in total. The van der Waals surface area contributed by atoms with E-state index in [1.165, 1.54) is 19.3 Å². The summed E-state index contributed by atoms with van der Waals surface area (Å²) in [7, 11) is 2.06. The van der Waals surface area contributed by atoms with Gasteiger partial charge in [-0.2, -0.15) is 0 Å². The van der Waals surface area contributed by atoms with E-state index in [0.717, 1.165) is 23.4 Å². The fourth-order valence-corrected chi connectivity index (χ4v) is 3.43. The van der Waals surface area contributed by atoms with Gasteiger partial charge in [0.1, 0.15) is 0 Å². The van der Waals surface area contributed by atoms with E-state index >= 15 is 0 Å². The van der Waals surface area contributed by atoms with E-state index in [2.05, 4.69) is 42.1 Å². The highest BCUT2D eigenvalue weighted by Crippen LogP contribution is 2.36. The van der Waals surface area contributed by atoms with Gasteiger partial charge in [0, 0.05) is 13.6 Å². The second-order valence-corrected chi connectivity index (χ2v) is 6.12. The smallest absolute Gasteiger partial charge is 0.204 e. The summed E-state index contributed by atoms with van der Waals surface area (Å²) < 4.78 is 2.13. The zero-order valence-electron chi connectivity index (χ0n) is 12.4. The van der Waals surface area contributed by atoms with Gasteiger partial charge in [-0.05, 0) is 30.9 Å². The van der Waals surface area contributed by atoms with Crippen LogP contribution in [-0.4, -0.2) is 21.6 Å². The molecule has 2 unspecified atom stereocenters. The van der Waals surface area contributed by atoms with Gasteiger partial charge in [-0.3, -0.25) is 0 Å². The number of hydrogen-bond acceptors (Lipinski definition) is 3. The van der Waals surface area contributed by atoms with Crippen LogP contribution in [0, 0.1) is 5.92 Å². The normalized spacial score (nSPS) is 26.9. The first-order valence-electron chi connectivity index (χ1n) is 7.56. The van der Waals surface area contributed by atoms with Crippen LogP contribution in [0.5, 0.6) is 0 Å². The minimum atomic E-state index is -0.00656. The molecule has 3 N–H and O–H groups in total. The Morgan fingerprint density at radius 1 is 1.40 bits per heavy atom. The van der Waals surface area contributed by atoms with Gasteiger partial charge >= 0.3 is 0 Å². The average Bonchev–Trinajstić information content (AvgIpc) is 2.78. The SMILES string of the molecule is CC1CCCCC1(CN)Nc1nc2ccccc2n1C. The van der Waals surface area contributed by atoms with Gasteiger partial charge in [-0.25, -0.2) is 4.98 Å². The van der Waals surface area contributed by atoms with Crippen LogP contribution < -0.4 is 11.1 Å². The Kier molecular flexibility index (Phi) is 3.42. The molecule has 4 heteroatoms. The lowest BCUT2D eigenvalue weighted by atomic mass is 9.73. The minimum Gasteiger partial charge on any atom is -0.349 e. The van der Waals surface area contributed by atoms with Gasteiger partial charge < -0.3 is 15.6 Å². The molecule has 1 heterocycles. The van der Waals surface area contributed by atoms with Crippen molar-refractivity contribution >= 4 is 17.0 Å². The molecule has 0 amide bonds. The molecule has 2 aromatic rings. The van der Waals surface area contributed by atoms with E-state index in [1.54, 1.807) is 0 Å². The molecular formula is C16H24N4. The summed E-state index contributed by atoms with van der Waals surface area (Å²) in [4.78, 5) is 4.73. The van der Waals surface area contributed by atoms with E-state index in [1.807, 2.05) is 6.07 Å². The van der Waals surface area contributed by atoms with Gasteiger partial charge in [0.2, 0.25) is 5.95 Å². The quantitative estimate of drug-likeness (QED) is 0.903. The van der Waals surface area contributed by atoms with Crippen LogP contribution in [0.4, 0.5) is 5.95 Å². The minimum absolute atomic E-state index is 0.00656. The van der Waals surface area contributed by atoms with Gasteiger partial charge in [0.05, 0.1) is 16.6 Å². The zero-order valence-corrected chi connectivity index (χ0v) is 12.4. The topological polar surface area (TPSA) is 55.9 Å². The van der Waals surface area contributed by atoms with Crippen molar-refractivity contribution in [1.29, 1.82) is 0 Å². The third-order valence-electron chi connectivity index (χ3n) is 4.97. The summed E-state index contributed by atoms with van der Waals surface area (Å²) in [6.07, 6.45) is 4.94. The van der Waals surface area contributed by atoms with Crippen molar-refractivity contribution in [2.75, 3.05) is 11.9 Å². The number of benzene rings is 1. The fraction of sp³-hybridized carbons (Fsp3) is 0.562. The Morgan fingerprint density at radius 2 is 2.20 bits per heavy atom. The van der Waals surface area contributed by atoms with Gasteiger partial charge in [0.25, 0.3) is 0 Å². The number of para-hydroxylation sites is 2. The largest absolute Gasteiger partial charge is 0.349 e. The Morgan fingerprint density at radius 3 is 2.90 bits per heavy atom. The first-order valence-corrected chi connectivity index (χ1v) is 7.56. The Bertz CT molecular complexity index is 604. The summed E-state index contributed by atoms with van der Waals surface area (Å²) in [5.41, 5.74) is 8.31. The number of nitrogens with two attached hydrogens (primary N) is 1. The number of fused-ring (bicyclic) bond motifs is 1. The van der Waals surface area contributed by atoms with E-state index < -0.39 is 0 Å². The molecule has 1 aliphatic rings. The van der Waals surface area contributed by atoms with E-state index in [4.69, 9.17) is 10.7 Å². The predicted molar refractivity (Wildman–Crippen MR) is 83.8 cm³/mol. The van der Waals surface area contributed by atoms with Gasteiger partial charge in [0.15, 0.2) is 0 Å². The van der Waals surface area contributed by atoms with Crippen molar-refractivity contribution in [2.24, 2.45) is 18.7 Å². The molecule has 20 heavy (non-hydrogen) atoms. The standard InChI is InChI=1S/C16H24N4/c1-12-7-5-6-10-16(12,11-17)19-15-18-13-8-3-4-9-14(13)20(15)2/h3-4,8-9,12H,5-7,10-11,17H2,1-2H3,(H,18,19). The number of nitrogens with zero attached hydrogens (tertiary/aromatic N) is 2. The first-order chi connectivity index (χ1) is 9.66. The van der Waals surface area contributed by atoms with Crippen LogP contribution in [0.25, 0.3) is 11.0 Å². The number of rotatable bonds is 3. The van der Waals surface area contributed by atoms with Crippen LogP contribution in [-0.2, 0) is 7.05 Å². The highest BCUT2D eigenvalue weighted by molar-refractivity contribution is 5.78. The summed E-state index contributed by atoms with van der Waals surface area (Å²) in [6, 6.07) is 8.24. The fourth-order valence-electron chi connectivity index (χ4n) is 3.43. The van der Waals surface area contributed by atoms with Crippen molar-refractivity contribution in [3.05, 3.63) is 24.3 Å². The average molecular weight is 272 g/mol. The zero-order chi connectivity index (χ0) is 14.2. The lowest BCUT2D eigenvalue weighted by molar-refractivity contribution is 0.234. The third kappa shape index (κ3) is 2.08. The molecule has 0 spiro atoms. The van der Waals surface area contributed by atoms with Crippen LogP contribution >= 0.6 is 0 Å². The van der Waals surface area contributed by atoms with Crippen molar-refractivity contribution in [3.8, 4) is 0 Å². The molecule has 0 aliphatic heterocycles. The monoisotopic (exact) mass is 272 g/mol. The maximum atomic E-state index is 6.12. The first kappa shape index (κ1) is 13.4. The molecule has 3 rings (SSSR count). The molecule has 0 saturated heterocycles. The van der Waals surface area contributed by atoms with Crippen LogP contribution in [0.2, 0.25) is 0 Å². The number of anilines is 1. The second kappa shape index (κ2) is 5.09. The molecular weight excluding hydrogens is 248 g/mol. The summed E-state index contributed by atoms with van der Waals surface area (Å²) in [5.74, 6) is 1.52. The number of hydrogen-bond donors (Lipinski definition) is 2. The summed E-state index contributed by atoms with van der Waals surface area (Å²) >= 11 is 0. The molecule has 0 bridgehead atoms. The van der Waals surface area contributed by atoms with E-state index in [0.29, 0.717) is 12.5 Å². The number of imidazole rings is 1. The van der Waals surface area contributed by atoms with E-state index in [9.17, 15) is 0 Å². The van der Waals surface area contributed by atoms with Crippen LogP contribution in [0.1, 0.15) is 32.6 Å². The molecule has 2 atom stereocenters. The van der Waals surface area contributed by atoms with Gasteiger partial charge in [-0.1, -0.05) is 31.9 Å². The molecule has 1 aromatic carbocycles. The Hall–Kier alpha value is -1.55.